The molecule has 0 unspecified atom stereocenters. The molecule has 11 heteroatoms. The number of nitrogens with one attached hydrogen (secondary N) is 1. The predicted octanol–water partition coefficient (Wildman–Crippen LogP) is 4.50. The molecule has 6 nitrogen and oxygen atoms in total. The number of benzene rings is 2. The molecule has 0 aliphatic carbocycles. The third kappa shape index (κ3) is 5.24. The second kappa shape index (κ2) is 9.62. The van der Waals surface area contributed by atoms with E-state index in [0.717, 1.165) is 6.20 Å². The van der Waals surface area contributed by atoms with E-state index in [-0.39, 0.29) is 27.4 Å². The summed E-state index contributed by atoms with van der Waals surface area (Å²) in [5, 5.41) is 2.30. The van der Waals surface area contributed by atoms with Gasteiger partial charge in [0.25, 0.3) is 0 Å². The van der Waals surface area contributed by atoms with Gasteiger partial charge in [-0.15, -0.1) is 0 Å². The van der Waals surface area contributed by atoms with Crippen molar-refractivity contribution in [1.82, 2.24) is 14.9 Å². The van der Waals surface area contributed by atoms with Crippen LogP contribution in [0.25, 0.3) is 0 Å². The van der Waals surface area contributed by atoms with Gasteiger partial charge in [-0.3, -0.25) is 4.55 Å². The third-order valence-electron chi connectivity index (χ3n) is 4.73. The second-order valence-electron chi connectivity index (χ2n) is 6.82. The average Bonchev–Trinajstić information content (AvgIpc) is 3.12. The molecular formula is C20H19Cl2F2N3O3S. The Morgan fingerprint density at radius 3 is 2.10 bits per heavy atom. The smallest absolute Gasteiger partial charge is 0.311 e. The number of nitrogens with zero attached hydrogens (tertiary/aromatic N) is 2. The van der Waals surface area contributed by atoms with Crippen molar-refractivity contribution in [2.75, 3.05) is 13.6 Å². The topological polar surface area (TPSA) is 84.2 Å². The zero-order chi connectivity index (χ0) is 22.8. The molecule has 0 aliphatic heterocycles. The van der Waals surface area contributed by atoms with Crippen LogP contribution in [0.1, 0.15) is 29.3 Å². The number of rotatable bonds is 8. The van der Waals surface area contributed by atoms with E-state index in [1.807, 2.05) is 0 Å². The molecule has 166 valence electrons. The standard InChI is InChI=1S/C20H19Cl2F2N3O3S/c1-25-7-2-8-27-18(31(28,29)30)11-26-20(27)19(12-3-5-16(23)14(21)9-12)13-4-6-17(24)15(22)10-13/h3-6,9-11,19,25H,2,7-8H2,1H3,(H,28,29,30). The second-order valence-corrected chi connectivity index (χ2v) is 9.00. The summed E-state index contributed by atoms with van der Waals surface area (Å²) in [5.74, 6) is -1.77. The molecule has 3 rings (SSSR count). The van der Waals surface area contributed by atoms with E-state index < -0.39 is 27.7 Å². The monoisotopic (exact) mass is 489 g/mol. The van der Waals surface area contributed by atoms with Gasteiger partial charge >= 0.3 is 10.1 Å². The van der Waals surface area contributed by atoms with Crippen molar-refractivity contribution in [2.24, 2.45) is 0 Å². The van der Waals surface area contributed by atoms with Gasteiger partial charge in [-0.2, -0.15) is 8.42 Å². The third-order valence-corrected chi connectivity index (χ3v) is 6.17. The van der Waals surface area contributed by atoms with Gasteiger partial charge in [-0.25, -0.2) is 13.8 Å². The first kappa shape index (κ1) is 23.6. The quantitative estimate of drug-likeness (QED) is 0.359. The lowest BCUT2D eigenvalue weighted by Crippen LogP contribution is -2.18. The fraction of sp³-hybridized carbons (Fsp3) is 0.250. The van der Waals surface area contributed by atoms with Crippen molar-refractivity contribution in [2.45, 2.75) is 23.9 Å². The van der Waals surface area contributed by atoms with E-state index in [2.05, 4.69) is 10.3 Å². The van der Waals surface area contributed by atoms with Gasteiger partial charge in [0.1, 0.15) is 17.5 Å². The molecule has 0 bridgehead atoms. The molecule has 0 atom stereocenters. The van der Waals surface area contributed by atoms with E-state index in [0.29, 0.717) is 24.1 Å². The molecule has 0 saturated carbocycles. The molecule has 0 spiro atoms. The highest BCUT2D eigenvalue weighted by molar-refractivity contribution is 7.85. The summed E-state index contributed by atoms with van der Waals surface area (Å²) in [6.45, 7) is 0.795. The van der Waals surface area contributed by atoms with Gasteiger partial charge in [0, 0.05) is 6.54 Å². The molecule has 1 heterocycles. The minimum Gasteiger partial charge on any atom is -0.320 e. The molecule has 0 aliphatic rings. The summed E-state index contributed by atoms with van der Waals surface area (Å²) in [6.07, 6.45) is 1.58. The van der Waals surface area contributed by atoms with E-state index in [4.69, 9.17) is 23.2 Å². The van der Waals surface area contributed by atoms with Gasteiger partial charge in [0.05, 0.1) is 22.2 Å². The van der Waals surface area contributed by atoms with Crippen LogP contribution in [0.4, 0.5) is 8.78 Å². The zero-order valence-corrected chi connectivity index (χ0v) is 18.6. The van der Waals surface area contributed by atoms with Crippen LogP contribution in [0.2, 0.25) is 10.0 Å². The Morgan fingerprint density at radius 2 is 1.65 bits per heavy atom. The van der Waals surface area contributed by atoms with E-state index in [9.17, 15) is 21.8 Å². The van der Waals surface area contributed by atoms with Gasteiger partial charge in [-0.1, -0.05) is 35.3 Å². The highest BCUT2D eigenvalue weighted by Crippen LogP contribution is 2.36. The molecule has 2 N–H and O–H groups in total. The minimum absolute atomic E-state index is 0.140. The number of imidazole rings is 1. The fourth-order valence-corrected chi connectivity index (χ4v) is 4.35. The van der Waals surface area contributed by atoms with Crippen molar-refractivity contribution in [3.05, 3.63) is 81.2 Å². The van der Waals surface area contributed by atoms with Gasteiger partial charge < -0.3 is 9.88 Å². The van der Waals surface area contributed by atoms with Crippen LogP contribution in [0.3, 0.4) is 0 Å². The molecular weight excluding hydrogens is 471 g/mol. The van der Waals surface area contributed by atoms with Crippen molar-refractivity contribution in [3.63, 3.8) is 0 Å². The molecule has 1 aromatic heterocycles. The molecule has 3 aromatic rings. The van der Waals surface area contributed by atoms with E-state index in [1.54, 1.807) is 7.05 Å². The maximum absolute atomic E-state index is 13.8. The van der Waals surface area contributed by atoms with Crippen LogP contribution in [-0.2, 0) is 16.7 Å². The van der Waals surface area contributed by atoms with Crippen LogP contribution >= 0.6 is 23.2 Å². The Balaban J connectivity index is 2.25. The Labute approximate surface area is 188 Å². The van der Waals surface area contributed by atoms with Crippen molar-refractivity contribution in [1.29, 1.82) is 0 Å². The molecule has 2 aromatic carbocycles. The largest absolute Gasteiger partial charge is 0.320 e. The first-order chi connectivity index (χ1) is 14.6. The van der Waals surface area contributed by atoms with Crippen LogP contribution in [0, 0.1) is 11.6 Å². The van der Waals surface area contributed by atoms with Crippen LogP contribution in [0.15, 0.2) is 47.6 Å². The first-order valence-corrected chi connectivity index (χ1v) is 11.4. The lowest BCUT2D eigenvalue weighted by Gasteiger charge is -2.21. The minimum atomic E-state index is -4.57. The van der Waals surface area contributed by atoms with Gasteiger partial charge in [-0.05, 0) is 55.4 Å². The number of hydrogen-bond acceptors (Lipinski definition) is 4. The molecule has 0 radical (unpaired) electrons. The number of aromatic nitrogens is 2. The average molecular weight is 490 g/mol. The van der Waals surface area contributed by atoms with Crippen LogP contribution in [0.5, 0.6) is 0 Å². The van der Waals surface area contributed by atoms with Crippen molar-refractivity contribution < 1.29 is 21.8 Å². The fourth-order valence-electron chi connectivity index (χ4n) is 3.32. The molecule has 0 amide bonds. The SMILES string of the molecule is CNCCCn1c(S(=O)(=O)O)cnc1C(c1ccc(F)c(Cl)c1)c1ccc(F)c(Cl)c1. The van der Waals surface area contributed by atoms with E-state index in [1.165, 1.54) is 41.0 Å². The van der Waals surface area contributed by atoms with Gasteiger partial charge in [0.15, 0.2) is 5.03 Å². The normalized spacial score (nSPS) is 12.0. The number of halogens is 4. The highest BCUT2D eigenvalue weighted by atomic mass is 35.5. The zero-order valence-electron chi connectivity index (χ0n) is 16.3. The predicted molar refractivity (Wildman–Crippen MR) is 114 cm³/mol. The lowest BCUT2D eigenvalue weighted by molar-refractivity contribution is 0.462. The molecule has 0 fully saturated rings. The Kier molecular flexibility index (Phi) is 7.33. The Hall–Kier alpha value is -2.04. The van der Waals surface area contributed by atoms with Crippen molar-refractivity contribution >= 4 is 33.3 Å². The number of hydrogen-bond donors (Lipinski definition) is 2. The summed E-state index contributed by atoms with van der Waals surface area (Å²) < 4.78 is 62.5. The molecule has 31 heavy (non-hydrogen) atoms. The summed E-state index contributed by atoms with van der Waals surface area (Å²) in [7, 11) is -2.82. The summed E-state index contributed by atoms with van der Waals surface area (Å²) >= 11 is 12.0. The van der Waals surface area contributed by atoms with Crippen LogP contribution < -0.4 is 5.32 Å². The van der Waals surface area contributed by atoms with E-state index >= 15 is 0 Å². The first-order valence-electron chi connectivity index (χ1n) is 9.21. The Morgan fingerprint density at radius 1 is 1.10 bits per heavy atom. The van der Waals surface area contributed by atoms with Gasteiger partial charge in [0.2, 0.25) is 0 Å². The molecule has 0 saturated heterocycles. The Bertz CT molecular complexity index is 1150. The summed E-state index contributed by atoms with van der Waals surface area (Å²) in [5.41, 5.74) is 0.966. The maximum atomic E-state index is 13.8. The lowest BCUT2D eigenvalue weighted by atomic mass is 9.90. The van der Waals surface area contributed by atoms with Crippen LogP contribution in [-0.4, -0.2) is 36.1 Å². The summed E-state index contributed by atoms with van der Waals surface area (Å²) in [4.78, 5) is 4.25. The highest BCUT2D eigenvalue weighted by Gasteiger charge is 2.28. The van der Waals surface area contributed by atoms with Crippen molar-refractivity contribution in [3.8, 4) is 0 Å². The maximum Gasteiger partial charge on any atom is 0.311 e. The summed E-state index contributed by atoms with van der Waals surface area (Å²) in [6, 6.07) is 8.07.